The van der Waals surface area contributed by atoms with Gasteiger partial charge in [0.05, 0.1) is 5.69 Å². The normalized spacial score (nSPS) is 16.6. The molecule has 0 N–H and O–H groups in total. The summed E-state index contributed by atoms with van der Waals surface area (Å²) in [6, 6.07) is 9.57. The highest BCUT2D eigenvalue weighted by Gasteiger charge is 2.16. The molecule has 0 saturated carbocycles. The van der Waals surface area contributed by atoms with E-state index in [4.69, 9.17) is 4.74 Å². The van der Waals surface area contributed by atoms with Gasteiger partial charge in [0.25, 0.3) is 0 Å². The average Bonchev–Trinajstić information content (AvgIpc) is 2.82. The lowest BCUT2D eigenvalue weighted by Gasteiger charge is -2.21. The number of para-hydroxylation sites is 1. The molecule has 1 aliphatic rings. The second kappa shape index (κ2) is 5.40. The second-order valence-corrected chi connectivity index (χ2v) is 4.86. The summed E-state index contributed by atoms with van der Waals surface area (Å²) < 4.78 is 8.47. The van der Waals surface area contributed by atoms with Crippen molar-refractivity contribution < 1.29 is 4.74 Å². The van der Waals surface area contributed by atoms with Crippen molar-refractivity contribution in [1.29, 1.82) is 0 Å². The molecule has 2 aromatic rings. The summed E-state index contributed by atoms with van der Waals surface area (Å²) in [6.45, 7) is 2.26. The Kier molecular flexibility index (Phi) is 3.46. The molecule has 1 aromatic carbocycles. The summed E-state index contributed by atoms with van der Waals surface area (Å²) in [4.78, 5) is 12.3. The zero-order chi connectivity index (χ0) is 13.1. The third kappa shape index (κ3) is 2.61. The van der Waals surface area contributed by atoms with Gasteiger partial charge in [0, 0.05) is 19.8 Å². The van der Waals surface area contributed by atoms with Crippen LogP contribution in [0.3, 0.4) is 0 Å². The maximum atomic E-state index is 12.3. The van der Waals surface area contributed by atoms with Gasteiger partial charge >= 0.3 is 5.69 Å². The van der Waals surface area contributed by atoms with Gasteiger partial charge in [0.2, 0.25) is 0 Å². The largest absolute Gasteiger partial charge is 0.381 e. The monoisotopic (exact) mass is 259 g/mol. The van der Waals surface area contributed by atoms with Gasteiger partial charge in [0.1, 0.15) is 6.33 Å². The molecule has 19 heavy (non-hydrogen) atoms. The lowest BCUT2D eigenvalue weighted by molar-refractivity contribution is 0.0597. The SMILES string of the molecule is O=c1n(-c2ccccc2)cnn1CC1CCOCC1. The molecular formula is C14H17N3O2. The summed E-state index contributed by atoms with van der Waals surface area (Å²) in [5.74, 6) is 0.491. The fraction of sp³-hybridized carbons (Fsp3) is 0.429. The van der Waals surface area contributed by atoms with Crippen molar-refractivity contribution >= 4 is 0 Å². The molecule has 5 heteroatoms. The van der Waals surface area contributed by atoms with Crippen LogP contribution >= 0.6 is 0 Å². The first-order valence-electron chi connectivity index (χ1n) is 6.62. The van der Waals surface area contributed by atoms with E-state index in [1.165, 1.54) is 0 Å². The van der Waals surface area contributed by atoms with Crippen molar-refractivity contribution in [3.63, 3.8) is 0 Å². The molecule has 0 bridgehead atoms. The molecule has 0 spiro atoms. The molecule has 0 radical (unpaired) electrons. The Hall–Kier alpha value is -1.88. The van der Waals surface area contributed by atoms with E-state index in [-0.39, 0.29) is 5.69 Å². The molecule has 1 aromatic heterocycles. The fourth-order valence-corrected chi connectivity index (χ4v) is 2.40. The highest BCUT2D eigenvalue weighted by atomic mass is 16.5. The standard InChI is InChI=1S/C14H17N3O2/c18-14-16(13-4-2-1-3-5-13)11-15-17(14)10-12-6-8-19-9-7-12/h1-5,11-12H,6-10H2. The van der Waals surface area contributed by atoms with E-state index < -0.39 is 0 Å². The third-order valence-electron chi connectivity index (χ3n) is 3.54. The lowest BCUT2D eigenvalue weighted by atomic mass is 10.0. The first-order valence-corrected chi connectivity index (χ1v) is 6.62. The minimum Gasteiger partial charge on any atom is -0.381 e. The van der Waals surface area contributed by atoms with Crippen molar-refractivity contribution in [2.24, 2.45) is 5.92 Å². The van der Waals surface area contributed by atoms with Crippen LogP contribution in [-0.4, -0.2) is 27.6 Å². The molecule has 0 unspecified atom stereocenters. The number of aromatic nitrogens is 3. The van der Waals surface area contributed by atoms with Crippen molar-refractivity contribution in [2.45, 2.75) is 19.4 Å². The lowest BCUT2D eigenvalue weighted by Crippen LogP contribution is -2.29. The Bertz CT molecular complexity index is 582. The average molecular weight is 259 g/mol. The quantitative estimate of drug-likeness (QED) is 0.838. The predicted molar refractivity (Wildman–Crippen MR) is 71.4 cm³/mol. The van der Waals surface area contributed by atoms with Crippen LogP contribution in [0, 0.1) is 5.92 Å². The molecule has 0 amide bonds. The van der Waals surface area contributed by atoms with Crippen molar-refractivity contribution in [1.82, 2.24) is 14.3 Å². The van der Waals surface area contributed by atoms with Gasteiger partial charge in [-0.05, 0) is 30.9 Å². The number of rotatable bonds is 3. The summed E-state index contributed by atoms with van der Waals surface area (Å²) in [5.41, 5.74) is 0.781. The van der Waals surface area contributed by atoms with Gasteiger partial charge < -0.3 is 4.74 Å². The Morgan fingerprint density at radius 1 is 1.21 bits per heavy atom. The van der Waals surface area contributed by atoms with Gasteiger partial charge in [-0.2, -0.15) is 5.10 Å². The smallest absolute Gasteiger partial charge is 0.350 e. The maximum Gasteiger partial charge on any atom is 0.350 e. The fourth-order valence-electron chi connectivity index (χ4n) is 2.40. The Balaban J connectivity index is 1.81. The van der Waals surface area contributed by atoms with E-state index in [9.17, 15) is 4.79 Å². The molecule has 1 aliphatic heterocycles. The van der Waals surface area contributed by atoms with E-state index >= 15 is 0 Å². The number of nitrogens with zero attached hydrogens (tertiary/aromatic N) is 3. The van der Waals surface area contributed by atoms with Crippen molar-refractivity contribution in [3.05, 3.63) is 47.1 Å². The summed E-state index contributed by atoms with van der Waals surface area (Å²) in [5, 5.41) is 4.21. The number of benzene rings is 1. The second-order valence-electron chi connectivity index (χ2n) is 4.86. The van der Waals surface area contributed by atoms with E-state index in [1.807, 2.05) is 30.3 Å². The molecule has 5 nitrogen and oxygen atoms in total. The van der Waals surface area contributed by atoms with Crippen molar-refractivity contribution in [3.8, 4) is 5.69 Å². The van der Waals surface area contributed by atoms with Gasteiger partial charge in [-0.25, -0.2) is 14.0 Å². The predicted octanol–water partition coefficient (Wildman–Crippen LogP) is 1.46. The molecule has 1 fully saturated rings. The minimum atomic E-state index is -0.0716. The zero-order valence-corrected chi connectivity index (χ0v) is 10.7. The van der Waals surface area contributed by atoms with Crippen molar-refractivity contribution in [2.75, 3.05) is 13.2 Å². The van der Waals surface area contributed by atoms with Crippen LogP contribution < -0.4 is 5.69 Å². The van der Waals surface area contributed by atoms with Gasteiger partial charge in [0.15, 0.2) is 0 Å². The van der Waals surface area contributed by atoms with Gasteiger partial charge in [-0.1, -0.05) is 18.2 Å². The molecule has 2 heterocycles. The highest BCUT2D eigenvalue weighted by molar-refractivity contribution is 5.30. The summed E-state index contributed by atoms with van der Waals surface area (Å²) in [7, 11) is 0. The van der Waals surface area contributed by atoms with E-state index in [0.717, 1.165) is 31.7 Å². The first kappa shape index (κ1) is 12.2. The number of hydrogen-bond acceptors (Lipinski definition) is 3. The van der Waals surface area contributed by atoms with Crippen LogP contribution in [0.15, 0.2) is 41.5 Å². The van der Waals surface area contributed by atoms with E-state index in [1.54, 1.807) is 15.6 Å². The van der Waals surface area contributed by atoms with Crippen LogP contribution in [0.1, 0.15) is 12.8 Å². The Morgan fingerprint density at radius 3 is 2.68 bits per heavy atom. The first-order chi connectivity index (χ1) is 9.34. The zero-order valence-electron chi connectivity index (χ0n) is 10.7. The molecule has 1 saturated heterocycles. The maximum absolute atomic E-state index is 12.3. The number of hydrogen-bond donors (Lipinski definition) is 0. The van der Waals surface area contributed by atoms with Crippen LogP contribution in [0.2, 0.25) is 0 Å². The van der Waals surface area contributed by atoms with Crippen LogP contribution in [0.25, 0.3) is 5.69 Å². The third-order valence-corrected chi connectivity index (χ3v) is 3.54. The molecular weight excluding hydrogens is 242 g/mol. The van der Waals surface area contributed by atoms with Gasteiger partial charge in [-0.3, -0.25) is 0 Å². The minimum absolute atomic E-state index is 0.0716. The van der Waals surface area contributed by atoms with E-state index in [2.05, 4.69) is 5.10 Å². The highest BCUT2D eigenvalue weighted by Crippen LogP contribution is 2.15. The van der Waals surface area contributed by atoms with E-state index in [0.29, 0.717) is 12.5 Å². The molecule has 3 rings (SSSR count). The topological polar surface area (TPSA) is 49.0 Å². The summed E-state index contributed by atoms with van der Waals surface area (Å²) >= 11 is 0. The Morgan fingerprint density at radius 2 is 1.95 bits per heavy atom. The molecule has 0 aliphatic carbocycles. The molecule has 0 atom stereocenters. The van der Waals surface area contributed by atoms with Crippen LogP contribution in [0.4, 0.5) is 0 Å². The van der Waals surface area contributed by atoms with Gasteiger partial charge in [-0.15, -0.1) is 0 Å². The van der Waals surface area contributed by atoms with Crippen LogP contribution in [-0.2, 0) is 11.3 Å². The van der Waals surface area contributed by atoms with Crippen LogP contribution in [0.5, 0.6) is 0 Å². The number of ether oxygens (including phenoxy) is 1. The Labute approximate surface area is 111 Å². The molecule has 100 valence electrons. The summed E-state index contributed by atoms with van der Waals surface area (Å²) in [6.07, 6.45) is 3.60.